The van der Waals surface area contributed by atoms with E-state index < -0.39 is 24.0 Å². The van der Waals surface area contributed by atoms with Crippen LogP contribution in [-0.2, 0) is 0 Å². The lowest BCUT2D eigenvalue weighted by Gasteiger charge is -2.13. The number of hydrogen-bond donors (Lipinski definition) is 1. The number of hydrogen-bond acceptors (Lipinski definition) is 4. The van der Waals surface area contributed by atoms with Gasteiger partial charge in [-0.3, -0.25) is 4.79 Å². The van der Waals surface area contributed by atoms with Gasteiger partial charge in [-0.1, -0.05) is 0 Å². The fourth-order valence-corrected chi connectivity index (χ4v) is 1.34. The lowest BCUT2D eigenvalue weighted by Crippen LogP contribution is -2.17. The quantitative estimate of drug-likeness (QED) is 0.789. The monoisotopic (exact) mass is 231 g/mol. The first-order valence-electron chi connectivity index (χ1n) is 4.40. The van der Waals surface area contributed by atoms with Gasteiger partial charge in [-0.05, 0) is 0 Å². The lowest BCUT2D eigenvalue weighted by atomic mass is 10.1. The molecule has 0 aliphatic carbocycles. The Kier molecular flexibility index (Phi) is 3.78. The largest absolute Gasteiger partial charge is 0.493 e. The zero-order chi connectivity index (χ0) is 12.3. The molecule has 6 heteroatoms. The van der Waals surface area contributed by atoms with Crippen LogP contribution in [0.5, 0.6) is 11.5 Å². The zero-order valence-corrected chi connectivity index (χ0v) is 8.84. The standard InChI is InChI=1S/C10H11F2NO3/c1-15-9-5(11)3-6(12)10(16-2)8(9)7(14)4-13/h3H,4,13H2,1-2H3. The number of carbonyl (C=O) groups excluding carboxylic acids is 1. The fraction of sp³-hybridized carbons (Fsp3) is 0.300. The van der Waals surface area contributed by atoms with Gasteiger partial charge in [-0.2, -0.15) is 0 Å². The molecule has 88 valence electrons. The molecule has 1 aromatic rings. The Labute approximate surface area is 91.0 Å². The molecular formula is C10H11F2NO3. The van der Waals surface area contributed by atoms with Crippen LogP contribution in [0.15, 0.2) is 6.07 Å². The van der Waals surface area contributed by atoms with Crippen molar-refractivity contribution in [3.8, 4) is 11.5 Å². The molecule has 0 saturated heterocycles. The molecule has 16 heavy (non-hydrogen) atoms. The van der Waals surface area contributed by atoms with Crippen LogP contribution in [0.1, 0.15) is 10.4 Å². The summed E-state index contributed by atoms with van der Waals surface area (Å²) in [5.41, 5.74) is 4.83. The average Bonchev–Trinajstić information content (AvgIpc) is 2.27. The number of ether oxygens (including phenoxy) is 2. The molecule has 0 aliphatic rings. The fourth-order valence-electron chi connectivity index (χ4n) is 1.34. The van der Waals surface area contributed by atoms with Gasteiger partial charge in [0.05, 0.1) is 20.8 Å². The summed E-state index contributed by atoms with van der Waals surface area (Å²) in [6.45, 7) is -0.393. The third-order valence-corrected chi connectivity index (χ3v) is 2.01. The van der Waals surface area contributed by atoms with Gasteiger partial charge in [-0.25, -0.2) is 8.78 Å². The van der Waals surface area contributed by atoms with Crippen LogP contribution in [0.4, 0.5) is 8.78 Å². The van der Waals surface area contributed by atoms with Gasteiger partial charge in [-0.15, -0.1) is 0 Å². The number of methoxy groups -OCH3 is 2. The van der Waals surface area contributed by atoms with Gasteiger partial charge in [0.1, 0.15) is 5.56 Å². The molecule has 0 aliphatic heterocycles. The van der Waals surface area contributed by atoms with Crippen molar-refractivity contribution >= 4 is 5.78 Å². The van der Waals surface area contributed by atoms with Crippen molar-refractivity contribution in [2.24, 2.45) is 5.73 Å². The summed E-state index contributed by atoms with van der Waals surface area (Å²) in [6.07, 6.45) is 0. The molecule has 1 rings (SSSR count). The number of Topliss-reactive ketones (excluding diaryl/α,β-unsaturated/α-hetero) is 1. The summed E-state index contributed by atoms with van der Waals surface area (Å²) in [5, 5.41) is 0. The average molecular weight is 231 g/mol. The van der Waals surface area contributed by atoms with E-state index in [1.807, 2.05) is 0 Å². The second kappa shape index (κ2) is 4.89. The van der Waals surface area contributed by atoms with E-state index in [9.17, 15) is 13.6 Å². The minimum atomic E-state index is -0.974. The van der Waals surface area contributed by atoms with Gasteiger partial charge in [0.2, 0.25) is 0 Å². The van der Waals surface area contributed by atoms with Gasteiger partial charge >= 0.3 is 0 Å². The molecule has 0 bridgehead atoms. The highest BCUT2D eigenvalue weighted by atomic mass is 19.1. The van der Waals surface area contributed by atoms with Crippen LogP contribution in [0.25, 0.3) is 0 Å². The van der Waals surface area contributed by atoms with E-state index >= 15 is 0 Å². The van der Waals surface area contributed by atoms with E-state index in [0.29, 0.717) is 6.07 Å². The number of nitrogens with two attached hydrogens (primary N) is 1. The first kappa shape index (κ1) is 12.4. The molecule has 0 aromatic heterocycles. The topological polar surface area (TPSA) is 61.5 Å². The summed E-state index contributed by atoms with van der Waals surface area (Å²) in [5.74, 6) is -3.34. The van der Waals surface area contributed by atoms with Crippen LogP contribution >= 0.6 is 0 Å². The molecular weight excluding hydrogens is 220 g/mol. The smallest absolute Gasteiger partial charge is 0.184 e. The molecule has 1 aromatic carbocycles. The third-order valence-electron chi connectivity index (χ3n) is 2.01. The van der Waals surface area contributed by atoms with E-state index in [1.165, 1.54) is 14.2 Å². The second-order valence-electron chi connectivity index (χ2n) is 2.91. The van der Waals surface area contributed by atoms with Crippen LogP contribution in [0.3, 0.4) is 0 Å². The summed E-state index contributed by atoms with van der Waals surface area (Å²) < 4.78 is 36.0. The summed E-state index contributed by atoms with van der Waals surface area (Å²) >= 11 is 0. The van der Waals surface area contributed by atoms with Crippen molar-refractivity contribution in [2.75, 3.05) is 20.8 Å². The van der Waals surface area contributed by atoms with Crippen LogP contribution < -0.4 is 15.2 Å². The van der Waals surface area contributed by atoms with Gasteiger partial charge in [0.15, 0.2) is 28.9 Å². The van der Waals surface area contributed by atoms with Crippen LogP contribution in [-0.4, -0.2) is 26.5 Å². The summed E-state index contributed by atoms with van der Waals surface area (Å²) in [6, 6.07) is 0.588. The summed E-state index contributed by atoms with van der Waals surface area (Å²) in [7, 11) is 2.34. The molecule has 4 nitrogen and oxygen atoms in total. The Morgan fingerprint density at radius 3 is 2.00 bits per heavy atom. The number of ketones is 1. The van der Waals surface area contributed by atoms with Crippen molar-refractivity contribution in [3.05, 3.63) is 23.3 Å². The van der Waals surface area contributed by atoms with Crippen LogP contribution in [0.2, 0.25) is 0 Å². The second-order valence-corrected chi connectivity index (χ2v) is 2.91. The van der Waals surface area contributed by atoms with Gasteiger partial charge < -0.3 is 15.2 Å². The molecule has 2 N–H and O–H groups in total. The molecule has 0 spiro atoms. The Balaban J connectivity index is 3.55. The van der Waals surface area contributed by atoms with Crippen molar-refractivity contribution < 1.29 is 23.0 Å². The molecule has 0 radical (unpaired) electrons. The normalized spacial score (nSPS) is 10.1. The molecule has 0 fully saturated rings. The van der Waals surface area contributed by atoms with Gasteiger partial charge in [0.25, 0.3) is 0 Å². The summed E-state index contributed by atoms with van der Waals surface area (Å²) in [4.78, 5) is 11.5. The predicted octanol–water partition coefficient (Wildman–Crippen LogP) is 1.12. The zero-order valence-electron chi connectivity index (χ0n) is 8.84. The first-order valence-corrected chi connectivity index (χ1v) is 4.40. The Morgan fingerprint density at radius 1 is 1.25 bits per heavy atom. The maximum absolute atomic E-state index is 13.3. The van der Waals surface area contributed by atoms with Crippen molar-refractivity contribution in [1.82, 2.24) is 0 Å². The Bertz CT molecular complexity index is 393. The number of benzene rings is 1. The highest BCUT2D eigenvalue weighted by molar-refractivity contribution is 6.02. The minimum absolute atomic E-state index is 0.315. The SMILES string of the molecule is COc1c(F)cc(F)c(OC)c1C(=O)CN. The third kappa shape index (κ3) is 1.96. The van der Waals surface area contributed by atoms with E-state index in [4.69, 9.17) is 15.2 Å². The number of rotatable bonds is 4. The molecule has 0 unspecified atom stereocenters. The highest BCUT2D eigenvalue weighted by Gasteiger charge is 2.24. The number of halogens is 2. The molecule has 0 heterocycles. The molecule has 0 amide bonds. The van der Waals surface area contributed by atoms with Crippen molar-refractivity contribution in [1.29, 1.82) is 0 Å². The Hall–Kier alpha value is -1.69. The maximum atomic E-state index is 13.3. The molecule has 0 saturated carbocycles. The van der Waals surface area contributed by atoms with Gasteiger partial charge in [0, 0.05) is 6.07 Å². The number of carbonyl (C=O) groups is 1. The van der Waals surface area contributed by atoms with Crippen LogP contribution in [0, 0.1) is 11.6 Å². The van der Waals surface area contributed by atoms with Crippen molar-refractivity contribution in [2.45, 2.75) is 0 Å². The molecule has 0 atom stereocenters. The minimum Gasteiger partial charge on any atom is -0.493 e. The first-order chi connectivity index (χ1) is 7.56. The van der Waals surface area contributed by atoms with E-state index in [-0.39, 0.29) is 17.1 Å². The van der Waals surface area contributed by atoms with E-state index in [0.717, 1.165) is 0 Å². The lowest BCUT2D eigenvalue weighted by molar-refractivity contribution is 0.0993. The van der Waals surface area contributed by atoms with E-state index in [2.05, 4.69) is 0 Å². The Morgan fingerprint density at radius 2 is 1.69 bits per heavy atom. The maximum Gasteiger partial charge on any atom is 0.184 e. The predicted molar refractivity (Wildman–Crippen MR) is 52.8 cm³/mol. The highest BCUT2D eigenvalue weighted by Crippen LogP contribution is 2.34. The van der Waals surface area contributed by atoms with Crippen molar-refractivity contribution in [3.63, 3.8) is 0 Å². The van der Waals surface area contributed by atoms with E-state index in [1.54, 1.807) is 0 Å².